The highest BCUT2D eigenvalue weighted by molar-refractivity contribution is 7.16. The van der Waals surface area contributed by atoms with E-state index in [2.05, 4.69) is 17.6 Å². The number of hydrogen-bond donors (Lipinski definition) is 4. The Balaban J connectivity index is 1.63. The number of aromatic hydroxyl groups is 1. The average molecular weight is 374 g/mol. The Kier molecular flexibility index (Phi) is 4.50. The number of phenolic OH excluding ortho intramolecular Hbond substituents is 1. The van der Waals surface area contributed by atoms with Gasteiger partial charge in [0.2, 0.25) is 0 Å². The summed E-state index contributed by atoms with van der Waals surface area (Å²) >= 11 is 1.68. The summed E-state index contributed by atoms with van der Waals surface area (Å²) in [4.78, 5) is 15.6. The molecule has 2 atom stereocenters. The minimum atomic E-state index is -0.444. The van der Waals surface area contributed by atoms with Crippen LogP contribution >= 0.6 is 11.3 Å². The number of likely N-dealkylation sites (N-methyl/N-ethyl adjacent to an activating group) is 1. The van der Waals surface area contributed by atoms with Crippen molar-refractivity contribution in [2.45, 2.75) is 33.0 Å². The normalized spacial score (nSPS) is 21.4. The highest BCUT2D eigenvalue weighted by Gasteiger charge is 2.34. The fourth-order valence-electron chi connectivity index (χ4n) is 3.73. The number of quaternary nitrogens is 1. The monoisotopic (exact) mass is 374 g/mol. The molecule has 0 bridgehead atoms. The molecule has 6 nitrogen and oxygen atoms in total. The van der Waals surface area contributed by atoms with Gasteiger partial charge >= 0.3 is 0 Å². The lowest BCUT2D eigenvalue weighted by Gasteiger charge is -2.27. The first-order valence-electron chi connectivity index (χ1n) is 9.11. The van der Waals surface area contributed by atoms with Crippen LogP contribution in [0, 0.1) is 0 Å². The maximum absolute atomic E-state index is 12.8. The van der Waals surface area contributed by atoms with E-state index < -0.39 is 6.17 Å². The number of fused-ring (bicyclic) bond motifs is 3. The molecule has 138 valence electrons. The van der Waals surface area contributed by atoms with E-state index in [9.17, 15) is 9.90 Å². The molecule has 0 aliphatic carbocycles. The average Bonchev–Trinajstić information content (AvgIpc) is 2.99. The minimum Gasteiger partial charge on any atom is -0.507 e. The van der Waals surface area contributed by atoms with Crippen LogP contribution < -0.4 is 20.3 Å². The Hall–Kier alpha value is -2.25. The van der Waals surface area contributed by atoms with Crippen molar-refractivity contribution in [3.63, 3.8) is 0 Å². The number of ether oxygens (including phenoxy) is 1. The largest absolute Gasteiger partial charge is 0.507 e. The molecular weight excluding hydrogens is 350 g/mol. The van der Waals surface area contributed by atoms with E-state index in [1.807, 2.05) is 13.0 Å². The van der Waals surface area contributed by atoms with Gasteiger partial charge < -0.3 is 25.4 Å². The van der Waals surface area contributed by atoms with Gasteiger partial charge in [-0.15, -0.1) is 11.3 Å². The van der Waals surface area contributed by atoms with Crippen molar-refractivity contribution >= 4 is 22.2 Å². The quantitative estimate of drug-likeness (QED) is 0.657. The van der Waals surface area contributed by atoms with Crippen LogP contribution in [-0.2, 0) is 13.0 Å². The van der Waals surface area contributed by atoms with Crippen LogP contribution in [-0.4, -0.2) is 30.7 Å². The summed E-state index contributed by atoms with van der Waals surface area (Å²) < 4.78 is 5.41. The van der Waals surface area contributed by atoms with Gasteiger partial charge in [0.05, 0.1) is 30.1 Å². The summed E-state index contributed by atoms with van der Waals surface area (Å²) in [5.74, 6) is 0.667. The number of carbonyl (C=O) groups is 1. The zero-order valence-electron chi connectivity index (χ0n) is 15.0. The molecule has 0 spiro atoms. The lowest BCUT2D eigenvalue weighted by molar-refractivity contribution is -0.913. The summed E-state index contributed by atoms with van der Waals surface area (Å²) in [5.41, 5.74) is 2.63. The molecule has 0 saturated heterocycles. The van der Waals surface area contributed by atoms with Crippen LogP contribution in [0.5, 0.6) is 11.5 Å². The van der Waals surface area contributed by atoms with Crippen LogP contribution in [0.4, 0.5) is 5.00 Å². The highest BCUT2D eigenvalue weighted by Crippen LogP contribution is 2.40. The number of thiophene rings is 1. The van der Waals surface area contributed by atoms with Crippen molar-refractivity contribution < 1.29 is 19.5 Å². The van der Waals surface area contributed by atoms with Gasteiger partial charge in [-0.05, 0) is 31.5 Å². The summed E-state index contributed by atoms with van der Waals surface area (Å²) in [6.07, 6.45) is 0.499. The molecule has 1 amide bonds. The second-order valence-corrected chi connectivity index (χ2v) is 7.80. The van der Waals surface area contributed by atoms with E-state index in [0.29, 0.717) is 17.9 Å². The van der Waals surface area contributed by atoms with Crippen LogP contribution in [0.25, 0.3) is 0 Å². The number of rotatable bonds is 4. The van der Waals surface area contributed by atoms with Crippen LogP contribution in [0.3, 0.4) is 0 Å². The summed E-state index contributed by atoms with van der Waals surface area (Å²) in [7, 11) is 0. The summed E-state index contributed by atoms with van der Waals surface area (Å²) in [6.45, 7) is 7.79. The van der Waals surface area contributed by atoms with Crippen molar-refractivity contribution in [3.05, 3.63) is 39.8 Å². The maximum atomic E-state index is 12.8. The Morgan fingerprint density at radius 1 is 1.35 bits per heavy atom. The third kappa shape index (κ3) is 2.91. The fraction of sp³-hybridized carbons (Fsp3) is 0.421. The number of carbonyl (C=O) groups excluding carboxylic acids is 1. The molecule has 4 rings (SSSR count). The lowest BCUT2D eigenvalue weighted by atomic mass is 10.00. The molecule has 0 fully saturated rings. The van der Waals surface area contributed by atoms with Crippen molar-refractivity contribution in [2.24, 2.45) is 0 Å². The zero-order chi connectivity index (χ0) is 18.3. The first-order valence-corrected chi connectivity index (χ1v) is 9.93. The van der Waals surface area contributed by atoms with Gasteiger partial charge in [-0.2, -0.15) is 0 Å². The van der Waals surface area contributed by atoms with E-state index in [4.69, 9.17) is 4.74 Å². The molecule has 2 aliphatic rings. The summed E-state index contributed by atoms with van der Waals surface area (Å²) in [5, 5.41) is 17.7. The second kappa shape index (κ2) is 6.81. The number of phenols is 1. The number of hydrogen-bond acceptors (Lipinski definition) is 5. The Labute approximate surface area is 156 Å². The van der Waals surface area contributed by atoms with Crippen LogP contribution in [0.1, 0.15) is 46.4 Å². The van der Waals surface area contributed by atoms with Crippen molar-refractivity contribution in [2.75, 3.05) is 25.0 Å². The van der Waals surface area contributed by atoms with Gasteiger partial charge in [-0.3, -0.25) is 4.79 Å². The SMILES string of the molecule is CCOc1ccc([C@H]2NC(=O)c3c(sc4c3CC[NH+](CC)C4)N2)c(O)c1. The van der Waals surface area contributed by atoms with Crippen LogP contribution in [0.15, 0.2) is 18.2 Å². The van der Waals surface area contributed by atoms with Gasteiger partial charge in [0.1, 0.15) is 29.2 Å². The van der Waals surface area contributed by atoms with E-state index >= 15 is 0 Å². The fourth-order valence-corrected chi connectivity index (χ4v) is 5.08. The zero-order valence-corrected chi connectivity index (χ0v) is 15.8. The summed E-state index contributed by atoms with van der Waals surface area (Å²) in [6, 6.07) is 5.19. The standard InChI is InChI=1S/C19H23N3O3S/c1-3-22-8-7-13-15(10-22)26-19-16(13)18(24)20-17(21-19)12-6-5-11(25-4-2)9-14(12)23/h5-6,9,17,21,23H,3-4,7-8,10H2,1-2H3,(H,20,24)/p+1/t17-/m0/s1. The predicted molar refractivity (Wildman–Crippen MR) is 101 cm³/mol. The molecule has 1 aromatic carbocycles. The number of benzene rings is 1. The molecule has 1 aromatic heterocycles. The highest BCUT2D eigenvalue weighted by atomic mass is 32.1. The Bertz CT molecular complexity index is 849. The number of nitrogens with one attached hydrogen (secondary N) is 3. The van der Waals surface area contributed by atoms with Gasteiger partial charge in [-0.25, -0.2) is 0 Å². The second-order valence-electron chi connectivity index (χ2n) is 6.69. The van der Waals surface area contributed by atoms with Crippen molar-refractivity contribution in [1.82, 2.24) is 5.32 Å². The molecule has 0 radical (unpaired) electrons. The van der Waals surface area contributed by atoms with E-state index in [-0.39, 0.29) is 11.7 Å². The molecule has 0 saturated carbocycles. The molecular formula is C19H24N3O3S+. The first kappa shape index (κ1) is 17.2. The molecule has 7 heteroatoms. The Morgan fingerprint density at radius 3 is 2.92 bits per heavy atom. The third-order valence-corrected chi connectivity index (χ3v) is 6.29. The van der Waals surface area contributed by atoms with Gasteiger partial charge in [-0.1, -0.05) is 0 Å². The first-order chi connectivity index (χ1) is 12.6. The predicted octanol–water partition coefficient (Wildman–Crippen LogP) is 1.67. The van der Waals surface area contributed by atoms with E-state index in [1.165, 1.54) is 10.4 Å². The van der Waals surface area contributed by atoms with Crippen molar-refractivity contribution in [3.8, 4) is 11.5 Å². The van der Waals surface area contributed by atoms with Gasteiger partial charge in [0, 0.05) is 18.1 Å². The van der Waals surface area contributed by atoms with E-state index in [0.717, 1.165) is 36.6 Å². The number of anilines is 1. The minimum absolute atomic E-state index is 0.0607. The number of amides is 1. The molecule has 26 heavy (non-hydrogen) atoms. The molecule has 4 N–H and O–H groups in total. The molecule has 2 aromatic rings. The topological polar surface area (TPSA) is 75.0 Å². The van der Waals surface area contributed by atoms with E-state index in [1.54, 1.807) is 28.4 Å². The van der Waals surface area contributed by atoms with Gasteiger partial charge in [0.15, 0.2) is 0 Å². The Morgan fingerprint density at radius 2 is 2.19 bits per heavy atom. The lowest BCUT2D eigenvalue weighted by Crippen LogP contribution is -3.11. The van der Waals surface area contributed by atoms with Crippen LogP contribution in [0.2, 0.25) is 0 Å². The molecule has 1 unspecified atom stereocenters. The molecule has 3 heterocycles. The van der Waals surface area contributed by atoms with Gasteiger partial charge in [0.25, 0.3) is 5.91 Å². The molecule has 2 aliphatic heterocycles. The van der Waals surface area contributed by atoms with Crippen molar-refractivity contribution in [1.29, 1.82) is 0 Å². The smallest absolute Gasteiger partial charge is 0.256 e. The third-order valence-electron chi connectivity index (χ3n) is 5.13. The maximum Gasteiger partial charge on any atom is 0.256 e.